The van der Waals surface area contributed by atoms with E-state index in [2.05, 4.69) is 20.0 Å². The molecule has 3 aliphatic heterocycles. The van der Waals surface area contributed by atoms with E-state index in [1.165, 1.54) is 0 Å². The predicted molar refractivity (Wildman–Crippen MR) is 96.2 cm³/mol. The van der Waals surface area contributed by atoms with Crippen LogP contribution in [-0.2, 0) is 0 Å². The van der Waals surface area contributed by atoms with Gasteiger partial charge >= 0.3 is 6.01 Å². The first kappa shape index (κ1) is 17.0. The van der Waals surface area contributed by atoms with Crippen molar-refractivity contribution in [2.24, 2.45) is 0 Å². The summed E-state index contributed by atoms with van der Waals surface area (Å²) in [7, 11) is 4.75. The second-order valence-corrected chi connectivity index (χ2v) is 6.54. The molecule has 4 heterocycles. The number of rotatable bonds is 5. The van der Waals surface area contributed by atoms with Crippen molar-refractivity contribution >= 4 is 6.01 Å². The first-order chi connectivity index (χ1) is 12.7. The molecule has 3 fully saturated rings. The monoisotopic (exact) mass is 360 g/mol. The van der Waals surface area contributed by atoms with Crippen molar-refractivity contribution in [1.29, 1.82) is 0 Å². The van der Waals surface area contributed by atoms with Crippen molar-refractivity contribution in [3.8, 4) is 28.7 Å². The molecule has 1 aromatic heterocycles. The summed E-state index contributed by atoms with van der Waals surface area (Å²) in [5.41, 5.74) is 0.687. The smallest absolute Gasteiger partial charge is 0.318 e. The maximum absolute atomic E-state index is 6.04. The van der Waals surface area contributed by atoms with E-state index < -0.39 is 0 Å². The van der Waals surface area contributed by atoms with Crippen LogP contribution in [0.2, 0.25) is 0 Å². The summed E-state index contributed by atoms with van der Waals surface area (Å²) in [6.07, 6.45) is 2.27. The molecule has 3 saturated heterocycles. The van der Waals surface area contributed by atoms with Gasteiger partial charge in [-0.25, -0.2) is 0 Å². The van der Waals surface area contributed by atoms with Crippen molar-refractivity contribution in [1.82, 2.24) is 15.1 Å². The zero-order valence-electron chi connectivity index (χ0n) is 15.4. The standard InChI is InChI=1S/C18H24N4O4/c1-23-14-5-4-13(15(24-2)16(14)25-3)17-19-20-18(26-17)22-11-10-21-8-6-12(22)7-9-21/h4-5,12H,6-11H2,1-3H3. The summed E-state index contributed by atoms with van der Waals surface area (Å²) in [5, 5.41) is 8.58. The van der Waals surface area contributed by atoms with E-state index in [4.69, 9.17) is 18.6 Å². The van der Waals surface area contributed by atoms with Crippen LogP contribution in [0, 0.1) is 0 Å². The first-order valence-electron chi connectivity index (χ1n) is 8.87. The molecule has 0 spiro atoms. The molecule has 26 heavy (non-hydrogen) atoms. The normalized spacial score (nSPS) is 22.2. The van der Waals surface area contributed by atoms with E-state index in [1.807, 2.05) is 6.07 Å². The Morgan fingerprint density at radius 3 is 2.38 bits per heavy atom. The summed E-state index contributed by atoms with van der Waals surface area (Å²) in [4.78, 5) is 4.74. The van der Waals surface area contributed by atoms with Crippen LogP contribution in [0.15, 0.2) is 16.5 Å². The quantitative estimate of drug-likeness (QED) is 0.802. The van der Waals surface area contributed by atoms with Gasteiger partial charge in [0.2, 0.25) is 5.75 Å². The molecule has 2 bridgehead atoms. The Hall–Kier alpha value is -2.48. The topological polar surface area (TPSA) is 73.1 Å². The van der Waals surface area contributed by atoms with Gasteiger partial charge in [0.1, 0.15) is 0 Å². The molecular weight excluding hydrogens is 336 g/mol. The van der Waals surface area contributed by atoms with Crippen molar-refractivity contribution in [2.45, 2.75) is 18.9 Å². The van der Waals surface area contributed by atoms with Crippen LogP contribution in [0.3, 0.4) is 0 Å². The summed E-state index contributed by atoms with van der Waals surface area (Å²) in [5.74, 6) is 2.03. The van der Waals surface area contributed by atoms with Crippen LogP contribution in [0.1, 0.15) is 12.8 Å². The Bertz CT molecular complexity index is 771. The van der Waals surface area contributed by atoms with Gasteiger partial charge < -0.3 is 28.4 Å². The fourth-order valence-electron chi connectivity index (χ4n) is 3.85. The third-order valence-corrected chi connectivity index (χ3v) is 5.25. The fourth-order valence-corrected chi connectivity index (χ4v) is 3.85. The summed E-state index contributed by atoms with van der Waals surface area (Å²) >= 11 is 0. The minimum atomic E-state index is 0.414. The second-order valence-electron chi connectivity index (χ2n) is 6.54. The highest BCUT2D eigenvalue weighted by atomic mass is 16.5. The van der Waals surface area contributed by atoms with E-state index in [0.717, 1.165) is 39.0 Å². The van der Waals surface area contributed by atoms with Gasteiger partial charge in [0, 0.05) is 32.2 Å². The maximum Gasteiger partial charge on any atom is 0.318 e. The minimum absolute atomic E-state index is 0.414. The van der Waals surface area contributed by atoms with Crippen LogP contribution < -0.4 is 19.1 Å². The van der Waals surface area contributed by atoms with Gasteiger partial charge in [0.25, 0.3) is 5.89 Å². The number of anilines is 1. The number of methoxy groups -OCH3 is 3. The number of ether oxygens (including phenoxy) is 3. The lowest BCUT2D eigenvalue weighted by Crippen LogP contribution is -2.38. The molecule has 0 N–H and O–H groups in total. The molecule has 0 radical (unpaired) electrons. The molecular formula is C18H24N4O4. The zero-order chi connectivity index (χ0) is 18.1. The lowest BCUT2D eigenvalue weighted by molar-refractivity contribution is 0.249. The van der Waals surface area contributed by atoms with Crippen molar-refractivity contribution in [3.63, 3.8) is 0 Å². The van der Waals surface area contributed by atoms with Gasteiger partial charge in [0.15, 0.2) is 11.5 Å². The number of nitrogens with zero attached hydrogens (tertiary/aromatic N) is 4. The van der Waals surface area contributed by atoms with Gasteiger partial charge in [0.05, 0.1) is 26.9 Å². The molecule has 140 valence electrons. The van der Waals surface area contributed by atoms with E-state index in [9.17, 15) is 0 Å². The zero-order valence-corrected chi connectivity index (χ0v) is 15.4. The van der Waals surface area contributed by atoms with E-state index in [0.29, 0.717) is 40.8 Å². The maximum atomic E-state index is 6.04. The molecule has 0 saturated carbocycles. The van der Waals surface area contributed by atoms with Gasteiger partial charge in [-0.3, -0.25) is 0 Å². The van der Waals surface area contributed by atoms with Crippen molar-refractivity contribution in [2.75, 3.05) is 52.4 Å². The van der Waals surface area contributed by atoms with Gasteiger partial charge in [-0.05, 0) is 25.0 Å². The molecule has 3 aliphatic rings. The molecule has 8 nitrogen and oxygen atoms in total. The molecule has 0 atom stereocenters. The number of aromatic nitrogens is 2. The van der Waals surface area contributed by atoms with Crippen molar-refractivity contribution < 1.29 is 18.6 Å². The third kappa shape index (κ3) is 2.84. The van der Waals surface area contributed by atoms with Crippen molar-refractivity contribution in [3.05, 3.63) is 12.1 Å². The number of fused-ring (bicyclic) bond motifs is 4. The van der Waals surface area contributed by atoms with Gasteiger partial charge in [-0.15, -0.1) is 5.10 Å². The van der Waals surface area contributed by atoms with Crippen LogP contribution >= 0.6 is 0 Å². The highest BCUT2D eigenvalue weighted by molar-refractivity contribution is 5.71. The Balaban J connectivity index is 1.68. The molecule has 2 aromatic rings. The lowest BCUT2D eigenvalue weighted by Gasteiger charge is -2.29. The molecule has 1 aromatic carbocycles. The van der Waals surface area contributed by atoms with Gasteiger partial charge in [-0.1, -0.05) is 5.10 Å². The van der Waals surface area contributed by atoms with Crippen LogP contribution in [0.5, 0.6) is 17.2 Å². The molecule has 8 heteroatoms. The van der Waals surface area contributed by atoms with E-state index >= 15 is 0 Å². The summed E-state index contributed by atoms with van der Waals surface area (Å²) in [6.45, 7) is 4.24. The lowest BCUT2D eigenvalue weighted by atomic mass is 10.1. The molecule has 5 rings (SSSR count). The average molecular weight is 360 g/mol. The minimum Gasteiger partial charge on any atom is -0.493 e. The SMILES string of the molecule is COc1ccc(-c2nnc(N3CCN4CCC3CC4)o2)c(OC)c1OC. The largest absolute Gasteiger partial charge is 0.493 e. The Morgan fingerprint density at radius 1 is 0.923 bits per heavy atom. The third-order valence-electron chi connectivity index (χ3n) is 5.25. The van der Waals surface area contributed by atoms with Crippen LogP contribution in [0.25, 0.3) is 11.5 Å². The van der Waals surface area contributed by atoms with E-state index in [1.54, 1.807) is 27.4 Å². The number of hydrogen-bond acceptors (Lipinski definition) is 8. The summed E-state index contributed by atoms with van der Waals surface area (Å²) < 4.78 is 22.4. The Morgan fingerprint density at radius 2 is 1.69 bits per heavy atom. The molecule has 0 unspecified atom stereocenters. The first-order valence-corrected chi connectivity index (χ1v) is 8.87. The predicted octanol–water partition coefficient (Wildman–Crippen LogP) is 2.05. The summed E-state index contributed by atoms with van der Waals surface area (Å²) in [6, 6.07) is 4.69. The number of benzene rings is 1. The average Bonchev–Trinajstić information content (AvgIpc) is 2.98. The van der Waals surface area contributed by atoms with E-state index in [-0.39, 0.29) is 0 Å². The number of hydrogen-bond donors (Lipinski definition) is 0. The fraction of sp³-hybridized carbons (Fsp3) is 0.556. The van der Waals surface area contributed by atoms with Crippen LogP contribution in [0.4, 0.5) is 6.01 Å². The Kier molecular flexibility index (Phi) is 4.58. The van der Waals surface area contributed by atoms with Gasteiger partial charge in [-0.2, -0.15) is 0 Å². The molecule has 0 amide bonds. The highest BCUT2D eigenvalue weighted by Gasteiger charge is 2.32. The highest BCUT2D eigenvalue weighted by Crippen LogP contribution is 2.44. The second kappa shape index (κ2) is 7.03. The molecule has 0 aliphatic carbocycles. The van der Waals surface area contributed by atoms with Crippen LogP contribution in [-0.4, -0.2) is 68.6 Å². The Labute approximate surface area is 152 Å². The number of piperidine rings is 1.